The zero-order valence-electron chi connectivity index (χ0n) is 7.89. The minimum Gasteiger partial charge on any atom is -0.217 e. The summed E-state index contributed by atoms with van der Waals surface area (Å²) in [6.07, 6.45) is 1.85. The van der Waals surface area contributed by atoms with Gasteiger partial charge in [0.1, 0.15) is 0 Å². The second-order valence-corrected chi connectivity index (χ2v) is 5.19. The number of benzene rings is 1. The highest BCUT2D eigenvalue weighted by Crippen LogP contribution is 2.24. The van der Waals surface area contributed by atoms with Crippen molar-refractivity contribution in [2.75, 3.05) is 0 Å². The second-order valence-electron chi connectivity index (χ2n) is 3.22. The number of halogens is 2. The van der Waals surface area contributed by atoms with Gasteiger partial charge in [-0.15, -0.1) is 5.10 Å². The smallest absolute Gasteiger partial charge is 0.213 e. The van der Waals surface area contributed by atoms with Crippen LogP contribution in [-0.4, -0.2) is 14.6 Å². The predicted octanol–water partition coefficient (Wildman–Crippen LogP) is 3.76. The van der Waals surface area contributed by atoms with Crippen LogP contribution in [0.4, 0.5) is 0 Å². The number of fused-ring (bicyclic) bond motifs is 1. The lowest BCUT2D eigenvalue weighted by molar-refractivity contribution is 0.974. The normalized spacial score (nSPS) is 11.1. The van der Waals surface area contributed by atoms with E-state index in [2.05, 4.69) is 10.1 Å². The molecule has 80 valence electrons. The van der Waals surface area contributed by atoms with E-state index in [4.69, 9.17) is 23.2 Å². The minimum atomic E-state index is 0.491. The van der Waals surface area contributed by atoms with E-state index in [0.29, 0.717) is 9.49 Å². The van der Waals surface area contributed by atoms with Crippen molar-refractivity contribution >= 4 is 39.5 Å². The quantitative estimate of drug-likeness (QED) is 0.673. The monoisotopic (exact) mass is 269 g/mol. The molecule has 0 aliphatic carbocycles. The average Bonchev–Trinajstić information content (AvgIpc) is 2.75. The van der Waals surface area contributed by atoms with Crippen LogP contribution in [0.15, 0.2) is 30.5 Å². The van der Waals surface area contributed by atoms with Crippen molar-refractivity contribution in [2.24, 2.45) is 0 Å². The van der Waals surface area contributed by atoms with Crippen LogP contribution in [0.5, 0.6) is 0 Å². The molecular formula is C10H5Cl2N3S. The van der Waals surface area contributed by atoms with Gasteiger partial charge in [0.2, 0.25) is 9.43 Å². The molecule has 0 bridgehead atoms. The van der Waals surface area contributed by atoms with E-state index in [-0.39, 0.29) is 0 Å². The first-order valence-electron chi connectivity index (χ1n) is 4.50. The Morgan fingerprint density at radius 2 is 1.88 bits per heavy atom. The lowest BCUT2D eigenvalue weighted by atomic mass is 10.2. The maximum absolute atomic E-state index is 5.82. The first-order valence-corrected chi connectivity index (χ1v) is 6.07. The van der Waals surface area contributed by atoms with Crippen LogP contribution in [0.25, 0.3) is 16.2 Å². The zero-order valence-corrected chi connectivity index (χ0v) is 10.2. The van der Waals surface area contributed by atoms with E-state index in [1.165, 1.54) is 11.3 Å². The summed E-state index contributed by atoms with van der Waals surface area (Å²) in [6, 6.07) is 7.53. The molecule has 2 heterocycles. The molecule has 0 amide bonds. The van der Waals surface area contributed by atoms with Gasteiger partial charge < -0.3 is 0 Å². The third-order valence-electron chi connectivity index (χ3n) is 2.16. The Labute approximate surface area is 105 Å². The molecule has 3 aromatic rings. The lowest BCUT2D eigenvalue weighted by Crippen LogP contribution is -1.78. The van der Waals surface area contributed by atoms with Gasteiger partial charge in [-0.1, -0.05) is 35.1 Å². The summed E-state index contributed by atoms with van der Waals surface area (Å²) in [6.45, 7) is 0. The Bertz CT molecular complexity index is 610. The van der Waals surface area contributed by atoms with Gasteiger partial charge in [0.25, 0.3) is 0 Å². The molecule has 0 saturated heterocycles. The van der Waals surface area contributed by atoms with Crippen LogP contribution in [0, 0.1) is 0 Å². The standard InChI is InChI=1S/C10H5Cl2N3S/c11-7-3-1-6(2-4-7)8-5-15-10(13-8)16-9(12)14-15/h1-5H. The molecule has 0 N–H and O–H groups in total. The van der Waals surface area contributed by atoms with Crippen molar-refractivity contribution in [1.82, 2.24) is 14.6 Å². The summed E-state index contributed by atoms with van der Waals surface area (Å²) >= 11 is 12.9. The van der Waals surface area contributed by atoms with Crippen molar-refractivity contribution in [3.8, 4) is 11.3 Å². The fraction of sp³-hybridized carbons (Fsp3) is 0. The number of imidazole rings is 1. The maximum atomic E-state index is 5.82. The molecule has 0 spiro atoms. The predicted molar refractivity (Wildman–Crippen MR) is 66.3 cm³/mol. The number of rotatable bonds is 1. The van der Waals surface area contributed by atoms with E-state index < -0.39 is 0 Å². The fourth-order valence-corrected chi connectivity index (χ4v) is 2.46. The summed E-state index contributed by atoms with van der Waals surface area (Å²) in [4.78, 5) is 5.21. The molecule has 1 aromatic carbocycles. The Morgan fingerprint density at radius 1 is 1.12 bits per heavy atom. The molecule has 3 rings (SSSR count). The van der Waals surface area contributed by atoms with Gasteiger partial charge >= 0.3 is 0 Å². The Hall–Kier alpha value is -1.10. The number of hydrogen-bond acceptors (Lipinski definition) is 3. The molecule has 0 aliphatic heterocycles. The van der Waals surface area contributed by atoms with E-state index in [0.717, 1.165) is 16.2 Å². The number of aromatic nitrogens is 3. The topological polar surface area (TPSA) is 30.2 Å². The van der Waals surface area contributed by atoms with Crippen LogP contribution in [0.3, 0.4) is 0 Å². The molecule has 0 unspecified atom stereocenters. The molecular weight excluding hydrogens is 265 g/mol. The molecule has 0 atom stereocenters. The summed E-state index contributed by atoms with van der Waals surface area (Å²) in [5.41, 5.74) is 1.88. The molecule has 3 nitrogen and oxygen atoms in total. The number of hydrogen-bond donors (Lipinski definition) is 0. The Morgan fingerprint density at radius 3 is 2.56 bits per heavy atom. The van der Waals surface area contributed by atoms with Gasteiger partial charge in [-0.05, 0) is 23.7 Å². The van der Waals surface area contributed by atoms with Gasteiger partial charge in [0.05, 0.1) is 11.9 Å². The highest BCUT2D eigenvalue weighted by atomic mass is 35.5. The largest absolute Gasteiger partial charge is 0.217 e. The van der Waals surface area contributed by atoms with Crippen molar-refractivity contribution < 1.29 is 0 Å². The van der Waals surface area contributed by atoms with Crippen LogP contribution in [-0.2, 0) is 0 Å². The molecule has 0 fully saturated rings. The van der Waals surface area contributed by atoms with Gasteiger partial charge in [-0.3, -0.25) is 0 Å². The second kappa shape index (κ2) is 3.73. The van der Waals surface area contributed by atoms with Crippen molar-refractivity contribution in [3.63, 3.8) is 0 Å². The summed E-state index contributed by atoms with van der Waals surface area (Å²) < 4.78 is 2.17. The van der Waals surface area contributed by atoms with Gasteiger partial charge in [0, 0.05) is 10.6 Å². The summed E-state index contributed by atoms with van der Waals surface area (Å²) in [5.74, 6) is 0. The van der Waals surface area contributed by atoms with Crippen LogP contribution < -0.4 is 0 Å². The minimum absolute atomic E-state index is 0.491. The van der Waals surface area contributed by atoms with Crippen LogP contribution in [0.1, 0.15) is 0 Å². The maximum Gasteiger partial charge on any atom is 0.213 e. The first-order chi connectivity index (χ1) is 7.72. The SMILES string of the molecule is Clc1ccc(-c2cn3nc(Cl)sc3n2)cc1. The lowest BCUT2D eigenvalue weighted by Gasteiger charge is -1.95. The van der Waals surface area contributed by atoms with Gasteiger partial charge in [-0.25, -0.2) is 9.50 Å². The third kappa shape index (κ3) is 1.69. The highest BCUT2D eigenvalue weighted by Gasteiger charge is 2.08. The zero-order chi connectivity index (χ0) is 11.1. The highest BCUT2D eigenvalue weighted by molar-refractivity contribution is 7.20. The van der Waals surface area contributed by atoms with E-state index in [1.807, 2.05) is 30.5 Å². The Kier molecular flexibility index (Phi) is 2.35. The summed E-state index contributed by atoms with van der Waals surface area (Å²) in [5, 5.41) is 4.80. The van der Waals surface area contributed by atoms with Crippen molar-refractivity contribution in [1.29, 1.82) is 0 Å². The third-order valence-corrected chi connectivity index (χ3v) is 3.43. The van der Waals surface area contributed by atoms with E-state index in [9.17, 15) is 0 Å². The van der Waals surface area contributed by atoms with E-state index >= 15 is 0 Å². The van der Waals surface area contributed by atoms with Gasteiger partial charge in [0.15, 0.2) is 0 Å². The van der Waals surface area contributed by atoms with Gasteiger partial charge in [-0.2, -0.15) is 0 Å². The molecule has 0 aliphatic rings. The summed E-state index contributed by atoms with van der Waals surface area (Å²) in [7, 11) is 0. The average molecular weight is 270 g/mol. The first kappa shape index (κ1) is 10.1. The molecule has 0 saturated carbocycles. The molecule has 6 heteroatoms. The molecule has 0 radical (unpaired) electrons. The molecule has 2 aromatic heterocycles. The number of nitrogens with zero attached hydrogens (tertiary/aromatic N) is 3. The van der Waals surface area contributed by atoms with Crippen LogP contribution >= 0.6 is 34.5 Å². The van der Waals surface area contributed by atoms with E-state index in [1.54, 1.807) is 4.52 Å². The molecule has 16 heavy (non-hydrogen) atoms. The van der Waals surface area contributed by atoms with Crippen LogP contribution in [0.2, 0.25) is 9.49 Å². The van der Waals surface area contributed by atoms with Crippen molar-refractivity contribution in [3.05, 3.63) is 40.0 Å². The van der Waals surface area contributed by atoms with Crippen molar-refractivity contribution in [2.45, 2.75) is 0 Å². The Balaban J connectivity index is 2.11. The fourth-order valence-electron chi connectivity index (χ4n) is 1.44.